The minimum Gasteiger partial charge on any atom is -0.812 e. The fourth-order valence-electron chi connectivity index (χ4n) is 2.17. The second kappa shape index (κ2) is 8.86. The van der Waals surface area contributed by atoms with Crippen molar-refractivity contribution in [3.8, 4) is 0 Å². The van der Waals surface area contributed by atoms with Gasteiger partial charge in [0, 0.05) is 12.3 Å². The number of phosphoric ester groups is 1. The summed E-state index contributed by atoms with van der Waals surface area (Å²) in [7, 11) is -11.7. The molecule has 1 fully saturated rings. The van der Waals surface area contributed by atoms with Crippen LogP contribution >= 0.6 is 22.4 Å². The summed E-state index contributed by atoms with van der Waals surface area (Å²) in [4.78, 5) is 68.6. The molecule has 0 aromatic carbocycles. The SMILES string of the molecule is O=c1ccn([C@@H]2O[C@H](COP(=O)([O-])OP(=O)([O-])OP([O-])([O-])=S)C(O)[C@@H]2O)c(=O)[nH]1. The van der Waals surface area contributed by atoms with Crippen LogP contribution in [0.15, 0.2) is 21.9 Å². The van der Waals surface area contributed by atoms with Crippen LogP contribution in [0.5, 0.6) is 0 Å². The van der Waals surface area contributed by atoms with Crippen molar-refractivity contribution in [2.75, 3.05) is 6.61 Å². The van der Waals surface area contributed by atoms with Crippen LogP contribution in [0.1, 0.15) is 6.23 Å². The minimum atomic E-state index is -5.96. The average Bonchev–Trinajstić information content (AvgIpc) is 2.78. The average molecular weight is 496 g/mol. The van der Waals surface area contributed by atoms with Crippen molar-refractivity contribution in [2.24, 2.45) is 0 Å². The first kappa shape index (κ1) is 24.7. The summed E-state index contributed by atoms with van der Waals surface area (Å²) in [6.07, 6.45) is -5.83. The number of rotatable bonds is 8. The van der Waals surface area contributed by atoms with Crippen LogP contribution in [0.4, 0.5) is 0 Å². The summed E-state index contributed by atoms with van der Waals surface area (Å²) in [5, 5.41) is 19.9. The highest BCUT2D eigenvalue weighted by Gasteiger charge is 2.44. The summed E-state index contributed by atoms with van der Waals surface area (Å²) in [5.74, 6) is 0. The lowest BCUT2D eigenvalue weighted by Crippen LogP contribution is -2.37. The van der Waals surface area contributed by atoms with E-state index in [2.05, 4.69) is 25.0 Å². The Balaban J connectivity index is 2.06. The van der Waals surface area contributed by atoms with Crippen molar-refractivity contribution in [1.82, 2.24) is 9.55 Å². The highest BCUT2D eigenvalue weighted by atomic mass is 32.5. The largest absolute Gasteiger partial charge is 0.812 e. The number of nitrogens with zero attached hydrogens (tertiary/aromatic N) is 1. The molecule has 29 heavy (non-hydrogen) atoms. The summed E-state index contributed by atoms with van der Waals surface area (Å²) in [6, 6.07) is 0.910. The highest BCUT2D eigenvalue weighted by molar-refractivity contribution is 8.06. The standard InChI is InChI=1S/C9H15N2O14P3S/c12-5-1-2-11(9(15)10-5)8-7(14)6(13)4(23-8)3-22-26(16,17)24-27(18,19)25-28(20,21)29/h1-2,4,6-8,13-14H,3H2,(H,16,17)(H,18,19)(H,10,12,15)(H2,20,21,29)/p-4/t4-,6?,7+,8-/m1/s1. The Bertz CT molecular complexity index is 1000. The van der Waals surface area contributed by atoms with Gasteiger partial charge in [0.2, 0.25) is 0 Å². The third kappa shape index (κ3) is 6.95. The summed E-state index contributed by atoms with van der Waals surface area (Å²) in [5.41, 5.74) is -1.77. The lowest BCUT2D eigenvalue weighted by Gasteiger charge is -2.40. The maximum atomic E-state index is 11.7. The second-order valence-electron chi connectivity index (χ2n) is 5.36. The van der Waals surface area contributed by atoms with Crippen LogP contribution in [0.25, 0.3) is 0 Å². The molecule has 16 nitrogen and oxygen atoms in total. The second-order valence-corrected chi connectivity index (χ2v) is 11.0. The molecule has 2 rings (SSSR count). The van der Waals surface area contributed by atoms with Gasteiger partial charge in [-0.2, -0.15) is 0 Å². The number of aromatic amines is 1. The van der Waals surface area contributed by atoms with Crippen LogP contribution in [0.3, 0.4) is 0 Å². The Hall–Kier alpha value is -0.610. The molecular formula is C9H11N2O14P3S-4. The molecule has 20 heteroatoms. The molecule has 1 aliphatic heterocycles. The molecule has 166 valence electrons. The first-order valence-electron chi connectivity index (χ1n) is 7.15. The van der Waals surface area contributed by atoms with E-state index in [9.17, 15) is 48.5 Å². The number of aromatic nitrogens is 2. The molecule has 1 aliphatic rings. The fraction of sp³-hybridized carbons (Fsp3) is 0.556. The topological polar surface area (TPSA) is 259 Å². The monoisotopic (exact) mass is 496 g/mol. The van der Waals surface area contributed by atoms with E-state index in [0.717, 1.165) is 12.3 Å². The Kier molecular flexibility index (Phi) is 7.54. The molecule has 1 aromatic rings. The van der Waals surface area contributed by atoms with Crippen LogP contribution in [0, 0.1) is 0 Å². The maximum absolute atomic E-state index is 11.7. The molecule has 0 spiro atoms. The van der Waals surface area contributed by atoms with E-state index in [1.165, 1.54) is 0 Å². The van der Waals surface area contributed by atoms with Gasteiger partial charge in [0.05, 0.1) is 6.61 Å². The molecule has 1 aromatic heterocycles. The van der Waals surface area contributed by atoms with Crippen molar-refractivity contribution in [3.63, 3.8) is 0 Å². The van der Waals surface area contributed by atoms with Gasteiger partial charge in [0.25, 0.3) is 21.2 Å². The smallest absolute Gasteiger partial charge is 0.330 e. The predicted molar refractivity (Wildman–Crippen MR) is 84.9 cm³/mol. The molecule has 0 radical (unpaired) electrons. The maximum Gasteiger partial charge on any atom is 0.330 e. The Labute approximate surface area is 165 Å². The zero-order valence-corrected chi connectivity index (χ0v) is 17.2. The van der Waals surface area contributed by atoms with E-state index in [-0.39, 0.29) is 0 Å². The Morgan fingerprint density at radius 2 is 1.76 bits per heavy atom. The zero-order valence-electron chi connectivity index (χ0n) is 13.7. The van der Waals surface area contributed by atoms with Gasteiger partial charge in [0.15, 0.2) is 6.23 Å². The summed E-state index contributed by atoms with van der Waals surface area (Å²) in [6.45, 7) is -6.43. The lowest BCUT2D eigenvalue weighted by molar-refractivity contribution is -0.320. The van der Waals surface area contributed by atoms with E-state index in [0.29, 0.717) is 4.57 Å². The van der Waals surface area contributed by atoms with Crippen molar-refractivity contribution in [2.45, 2.75) is 24.5 Å². The number of aliphatic hydroxyl groups excluding tert-OH is 2. The van der Waals surface area contributed by atoms with Gasteiger partial charge < -0.3 is 43.4 Å². The van der Waals surface area contributed by atoms with Crippen LogP contribution in [0.2, 0.25) is 0 Å². The normalized spacial score (nSPS) is 29.3. The number of aliphatic hydroxyl groups is 2. The van der Waals surface area contributed by atoms with Gasteiger partial charge in [-0.1, -0.05) is 6.72 Å². The predicted octanol–water partition coefficient (Wildman–Crippen LogP) is -4.91. The molecule has 1 saturated heterocycles. The van der Waals surface area contributed by atoms with E-state index < -0.39 is 64.8 Å². The molecule has 0 bridgehead atoms. The molecule has 0 aliphatic carbocycles. The number of hydrogen-bond acceptors (Lipinski definition) is 15. The van der Waals surface area contributed by atoms with Crippen LogP contribution in [-0.4, -0.2) is 44.7 Å². The van der Waals surface area contributed by atoms with E-state index in [1.807, 2.05) is 4.98 Å². The third-order valence-corrected chi connectivity index (χ3v) is 7.52. The van der Waals surface area contributed by atoms with Gasteiger partial charge in [-0.15, -0.1) is 11.8 Å². The van der Waals surface area contributed by atoms with Crippen molar-refractivity contribution >= 4 is 34.2 Å². The summed E-state index contributed by atoms with van der Waals surface area (Å²) >= 11 is 3.64. The van der Waals surface area contributed by atoms with Crippen LogP contribution < -0.4 is 30.8 Å². The molecule has 3 N–H and O–H groups in total. The molecule has 6 atom stereocenters. The summed E-state index contributed by atoms with van der Waals surface area (Å²) < 4.78 is 39.5. The minimum absolute atomic E-state index is 0.692. The molecule has 0 amide bonds. The van der Waals surface area contributed by atoms with Crippen molar-refractivity contribution < 1.29 is 56.8 Å². The third-order valence-electron chi connectivity index (χ3n) is 3.26. The molecule has 3 unspecified atom stereocenters. The van der Waals surface area contributed by atoms with Crippen molar-refractivity contribution in [3.05, 3.63) is 33.1 Å². The lowest BCUT2D eigenvalue weighted by atomic mass is 10.1. The number of H-pyrrole nitrogens is 1. The van der Waals surface area contributed by atoms with E-state index in [1.54, 1.807) is 0 Å². The van der Waals surface area contributed by atoms with Crippen molar-refractivity contribution in [1.29, 1.82) is 0 Å². The Morgan fingerprint density at radius 3 is 2.31 bits per heavy atom. The van der Waals surface area contributed by atoms with E-state index in [4.69, 9.17) is 4.74 Å². The molecular weight excluding hydrogens is 485 g/mol. The highest BCUT2D eigenvalue weighted by Crippen LogP contribution is 2.60. The first-order valence-corrected chi connectivity index (χ1v) is 12.6. The fourth-order valence-corrected chi connectivity index (χ4v) is 5.77. The first-order chi connectivity index (χ1) is 13.1. The van der Waals surface area contributed by atoms with Gasteiger partial charge in [-0.3, -0.25) is 23.5 Å². The number of hydrogen-bond donors (Lipinski definition) is 3. The zero-order chi connectivity index (χ0) is 22.2. The number of ether oxygens (including phenoxy) is 1. The quantitative estimate of drug-likeness (QED) is 0.285. The Morgan fingerprint density at radius 1 is 1.14 bits per heavy atom. The van der Waals surface area contributed by atoms with Gasteiger partial charge in [-0.25, -0.2) is 9.11 Å². The number of nitrogens with one attached hydrogen (secondary N) is 1. The molecule has 0 saturated carbocycles. The van der Waals surface area contributed by atoms with Crippen LogP contribution in [-0.2, 0) is 38.8 Å². The van der Waals surface area contributed by atoms with Gasteiger partial charge in [0.1, 0.15) is 18.3 Å². The number of phosphoric acid groups is 2. The van der Waals surface area contributed by atoms with Gasteiger partial charge >= 0.3 is 5.69 Å². The van der Waals surface area contributed by atoms with Gasteiger partial charge in [-0.05, 0) is 0 Å². The molecule has 2 heterocycles. The van der Waals surface area contributed by atoms with E-state index >= 15 is 0 Å².